The van der Waals surface area contributed by atoms with Crippen molar-refractivity contribution in [2.24, 2.45) is 5.10 Å². The quantitative estimate of drug-likeness (QED) is 0.243. The molecule has 0 bridgehead atoms. The largest absolute Gasteiger partial charge is 0.507 e. The molecule has 1 aromatic heterocycles. The third kappa shape index (κ3) is 6.07. The van der Waals surface area contributed by atoms with Gasteiger partial charge in [0.05, 0.1) is 19.1 Å². The van der Waals surface area contributed by atoms with Crippen molar-refractivity contribution in [3.8, 4) is 22.9 Å². The highest BCUT2D eigenvalue weighted by molar-refractivity contribution is 7.99. The number of aromatic nitrogens is 3. The molecule has 2 aromatic carbocycles. The van der Waals surface area contributed by atoms with Crippen molar-refractivity contribution in [3.63, 3.8) is 0 Å². The number of phenols is 1. The molecule has 0 radical (unpaired) electrons. The second kappa shape index (κ2) is 12.1. The minimum Gasteiger partial charge on any atom is -0.507 e. The van der Waals surface area contributed by atoms with Crippen LogP contribution in [0.3, 0.4) is 0 Å². The summed E-state index contributed by atoms with van der Waals surface area (Å²) in [4.78, 5) is 14.4. The van der Waals surface area contributed by atoms with Crippen LogP contribution in [0.5, 0.6) is 11.5 Å². The monoisotopic (exact) mass is 482 g/mol. The first-order valence-electron chi connectivity index (χ1n) is 11.1. The Kier molecular flexibility index (Phi) is 8.92. The second-order valence-electron chi connectivity index (χ2n) is 7.28. The van der Waals surface area contributed by atoms with Crippen LogP contribution in [-0.2, 0) is 11.3 Å². The molecule has 3 aromatic rings. The lowest BCUT2D eigenvalue weighted by Crippen LogP contribution is -2.21. The molecule has 9 nitrogen and oxygen atoms in total. The zero-order chi connectivity index (χ0) is 24.5. The van der Waals surface area contributed by atoms with E-state index in [1.54, 1.807) is 19.2 Å². The number of methoxy groups -OCH3 is 1. The molecule has 0 atom stereocenters. The van der Waals surface area contributed by atoms with Gasteiger partial charge < -0.3 is 19.3 Å². The molecule has 34 heavy (non-hydrogen) atoms. The number of hydrogen-bond acceptors (Lipinski definition) is 8. The lowest BCUT2D eigenvalue weighted by atomic mass is 10.2. The zero-order valence-electron chi connectivity index (χ0n) is 19.9. The molecule has 0 aliphatic heterocycles. The van der Waals surface area contributed by atoms with Gasteiger partial charge in [0, 0.05) is 42.5 Å². The average Bonchev–Trinajstić information content (AvgIpc) is 3.27. The molecule has 0 aliphatic rings. The number of rotatable bonds is 11. The molecule has 0 aliphatic carbocycles. The van der Waals surface area contributed by atoms with E-state index in [4.69, 9.17) is 4.74 Å². The summed E-state index contributed by atoms with van der Waals surface area (Å²) in [5.74, 6) is 1.46. The van der Waals surface area contributed by atoms with E-state index in [2.05, 4.69) is 39.5 Å². The number of amides is 1. The Bertz CT molecular complexity index is 1130. The minimum atomic E-state index is -0.280. The summed E-state index contributed by atoms with van der Waals surface area (Å²) >= 11 is 1.29. The van der Waals surface area contributed by atoms with E-state index in [1.807, 2.05) is 41.8 Å². The van der Waals surface area contributed by atoms with Crippen LogP contribution in [0.25, 0.3) is 11.4 Å². The van der Waals surface area contributed by atoms with Crippen LogP contribution in [0.2, 0.25) is 0 Å². The van der Waals surface area contributed by atoms with Gasteiger partial charge in [-0.3, -0.25) is 4.79 Å². The van der Waals surface area contributed by atoms with Gasteiger partial charge >= 0.3 is 0 Å². The maximum atomic E-state index is 12.3. The summed E-state index contributed by atoms with van der Waals surface area (Å²) in [6.45, 7) is 8.50. The molecule has 1 amide bonds. The van der Waals surface area contributed by atoms with Crippen LogP contribution >= 0.6 is 11.8 Å². The molecule has 2 N–H and O–H groups in total. The van der Waals surface area contributed by atoms with E-state index < -0.39 is 0 Å². The number of aromatic hydroxyl groups is 1. The standard InChI is InChI=1S/C24H30N6O3S/c1-5-29(6-2)19-11-8-18(21(31)14-19)15-25-26-22(32)16-34-24-28-27-23(30(24)7-3)17-9-12-20(33-4)13-10-17/h8-15,31H,5-7,16H2,1-4H3,(H,26,32). The number of nitrogens with zero attached hydrogens (tertiary/aromatic N) is 5. The fourth-order valence-corrected chi connectivity index (χ4v) is 4.19. The molecule has 180 valence electrons. The van der Waals surface area contributed by atoms with Gasteiger partial charge in [0.15, 0.2) is 11.0 Å². The first-order valence-corrected chi connectivity index (χ1v) is 12.1. The number of benzene rings is 2. The fraction of sp³-hybridized carbons (Fsp3) is 0.333. The Morgan fingerprint density at radius 1 is 1.18 bits per heavy atom. The maximum absolute atomic E-state index is 12.3. The normalized spacial score (nSPS) is 11.1. The van der Waals surface area contributed by atoms with Gasteiger partial charge in [-0.2, -0.15) is 5.10 Å². The smallest absolute Gasteiger partial charge is 0.250 e. The van der Waals surface area contributed by atoms with Crippen molar-refractivity contribution in [2.45, 2.75) is 32.5 Å². The number of thioether (sulfide) groups is 1. The lowest BCUT2D eigenvalue weighted by Gasteiger charge is -2.21. The number of anilines is 1. The van der Waals surface area contributed by atoms with E-state index in [0.29, 0.717) is 17.3 Å². The molecule has 0 spiro atoms. The van der Waals surface area contributed by atoms with Crippen LogP contribution in [0, 0.1) is 0 Å². The lowest BCUT2D eigenvalue weighted by molar-refractivity contribution is -0.118. The van der Waals surface area contributed by atoms with Gasteiger partial charge in [-0.1, -0.05) is 11.8 Å². The second-order valence-corrected chi connectivity index (χ2v) is 8.22. The molecule has 10 heteroatoms. The van der Waals surface area contributed by atoms with Crippen LogP contribution in [0.15, 0.2) is 52.7 Å². The zero-order valence-corrected chi connectivity index (χ0v) is 20.7. The van der Waals surface area contributed by atoms with E-state index in [-0.39, 0.29) is 17.4 Å². The summed E-state index contributed by atoms with van der Waals surface area (Å²) in [7, 11) is 1.62. The highest BCUT2D eigenvalue weighted by atomic mass is 32.2. The number of nitrogens with one attached hydrogen (secondary N) is 1. The number of ether oxygens (including phenoxy) is 1. The maximum Gasteiger partial charge on any atom is 0.250 e. The Morgan fingerprint density at radius 3 is 2.53 bits per heavy atom. The van der Waals surface area contributed by atoms with Gasteiger partial charge in [0.1, 0.15) is 11.5 Å². The third-order valence-corrected chi connectivity index (χ3v) is 6.22. The summed E-state index contributed by atoms with van der Waals surface area (Å²) in [6.07, 6.45) is 1.43. The fourth-order valence-electron chi connectivity index (χ4n) is 3.40. The number of hydrazone groups is 1. The average molecular weight is 483 g/mol. The molecule has 1 heterocycles. The van der Waals surface area contributed by atoms with Crippen molar-refractivity contribution < 1.29 is 14.6 Å². The predicted molar refractivity (Wildman–Crippen MR) is 136 cm³/mol. The minimum absolute atomic E-state index is 0.110. The SMILES string of the molecule is CCN(CC)c1ccc(C=NNC(=O)CSc2nnc(-c3ccc(OC)cc3)n2CC)c(O)c1. The topological polar surface area (TPSA) is 105 Å². The number of carbonyl (C=O) groups is 1. The molecular weight excluding hydrogens is 452 g/mol. The molecule has 0 saturated carbocycles. The van der Waals surface area contributed by atoms with Crippen LogP contribution in [0.1, 0.15) is 26.3 Å². The summed E-state index contributed by atoms with van der Waals surface area (Å²) in [5, 5.41) is 23.4. The molecule has 0 fully saturated rings. The molecule has 0 saturated heterocycles. The number of carbonyl (C=O) groups excluding carboxylic acids is 1. The Labute approximate surface area is 203 Å². The van der Waals surface area contributed by atoms with Gasteiger partial charge in [0.25, 0.3) is 5.91 Å². The Hall–Kier alpha value is -3.53. The Morgan fingerprint density at radius 2 is 1.91 bits per heavy atom. The Balaban J connectivity index is 1.58. The van der Waals surface area contributed by atoms with Crippen molar-refractivity contribution >= 4 is 29.6 Å². The van der Waals surface area contributed by atoms with Crippen LogP contribution < -0.4 is 15.1 Å². The third-order valence-electron chi connectivity index (χ3n) is 5.25. The summed E-state index contributed by atoms with van der Waals surface area (Å²) in [5.41, 5.74) is 4.88. The van der Waals surface area contributed by atoms with E-state index >= 15 is 0 Å². The van der Waals surface area contributed by atoms with E-state index in [0.717, 1.165) is 35.9 Å². The first kappa shape index (κ1) is 25.1. The predicted octanol–water partition coefficient (Wildman–Crippen LogP) is 3.77. The molecule has 3 rings (SSSR count). The van der Waals surface area contributed by atoms with E-state index in [9.17, 15) is 9.90 Å². The van der Waals surface area contributed by atoms with Gasteiger partial charge in [-0.25, -0.2) is 5.43 Å². The first-order chi connectivity index (χ1) is 16.5. The van der Waals surface area contributed by atoms with Crippen LogP contribution in [-0.4, -0.2) is 57.9 Å². The van der Waals surface area contributed by atoms with Crippen molar-refractivity contribution in [2.75, 3.05) is 30.9 Å². The highest BCUT2D eigenvalue weighted by Gasteiger charge is 2.14. The van der Waals surface area contributed by atoms with Gasteiger partial charge in [-0.05, 0) is 57.2 Å². The molecular formula is C24H30N6O3S. The summed E-state index contributed by atoms with van der Waals surface area (Å²) in [6, 6.07) is 13.0. The van der Waals surface area contributed by atoms with Gasteiger partial charge in [-0.15, -0.1) is 10.2 Å². The van der Waals surface area contributed by atoms with E-state index in [1.165, 1.54) is 18.0 Å². The number of phenolic OH excluding ortho intramolecular Hbond substituents is 1. The van der Waals surface area contributed by atoms with Crippen molar-refractivity contribution in [3.05, 3.63) is 48.0 Å². The van der Waals surface area contributed by atoms with Gasteiger partial charge in [0.2, 0.25) is 0 Å². The van der Waals surface area contributed by atoms with Crippen LogP contribution in [0.4, 0.5) is 5.69 Å². The van der Waals surface area contributed by atoms with Crippen molar-refractivity contribution in [1.82, 2.24) is 20.2 Å². The number of hydrogen-bond donors (Lipinski definition) is 2. The highest BCUT2D eigenvalue weighted by Crippen LogP contribution is 2.26. The summed E-state index contributed by atoms with van der Waals surface area (Å²) < 4.78 is 7.16. The van der Waals surface area contributed by atoms with Crippen molar-refractivity contribution in [1.29, 1.82) is 0 Å². The molecule has 0 unspecified atom stereocenters.